The quantitative estimate of drug-likeness (QED) is 0.460. The van der Waals surface area contributed by atoms with E-state index in [1.54, 1.807) is 60.7 Å². The van der Waals surface area contributed by atoms with E-state index in [0.717, 1.165) is 7.11 Å². The summed E-state index contributed by atoms with van der Waals surface area (Å²) in [4.78, 5) is 49.5. The fraction of sp³-hybridized carbons (Fsp3) is 0.333. The zero-order valence-electron chi connectivity index (χ0n) is 18.7. The van der Waals surface area contributed by atoms with Gasteiger partial charge in [-0.25, -0.2) is 4.79 Å². The van der Waals surface area contributed by atoms with E-state index in [0.29, 0.717) is 11.1 Å². The van der Waals surface area contributed by atoms with Gasteiger partial charge in [0.2, 0.25) is 0 Å². The van der Waals surface area contributed by atoms with Crippen LogP contribution in [0, 0.1) is 5.92 Å². The largest absolute Gasteiger partial charge is 0.469 e. The smallest absolute Gasteiger partial charge is 0.328 e. The van der Waals surface area contributed by atoms with Crippen LogP contribution in [0.15, 0.2) is 60.7 Å². The highest BCUT2D eigenvalue weighted by Crippen LogP contribution is 2.19. The average Bonchev–Trinajstić information content (AvgIpc) is 2.86. The van der Waals surface area contributed by atoms with Crippen molar-refractivity contribution in [3.8, 4) is 0 Å². The van der Waals surface area contributed by atoms with Crippen molar-refractivity contribution < 1.29 is 33.8 Å². The fourth-order valence-electron chi connectivity index (χ4n) is 3.23. The Labute approximate surface area is 192 Å². The number of esters is 2. The molecule has 4 atom stereocenters. The molecule has 0 heterocycles. The molecule has 0 aromatic heterocycles. The zero-order valence-corrected chi connectivity index (χ0v) is 18.7. The number of rotatable bonds is 10. The van der Waals surface area contributed by atoms with Crippen LogP contribution >= 0.6 is 0 Å². The summed E-state index contributed by atoms with van der Waals surface area (Å²) in [5.74, 6) is -3.45. The Kier molecular flexibility index (Phi) is 9.56. The van der Waals surface area contributed by atoms with Crippen molar-refractivity contribution in [3.63, 3.8) is 0 Å². The lowest BCUT2D eigenvalue weighted by Crippen LogP contribution is -2.51. The van der Waals surface area contributed by atoms with E-state index < -0.39 is 47.9 Å². The van der Waals surface area contributed by atoms with E-state index >= 15 is 0 Å². The number of carbonyl (C=O) groups is 4. The van der Waals surface area contributed by atoms with Crippen LogP contribution in [0.1, 0.15) is 35.3 Å². The second-order valence-corrected chi connectivity index (χ2v) is 7.42. The number of hydrogen-bond donors (Lipinski definition) is 3. The van der Waals surface area contributed by atoms with E-state index in [4.69, 9.17) is 4.74 Å². The summed E-state index contributed by atoms with van der Waals surface area (Å²) in [6, 6.07) is 14.5. The molecule has 9 nitrogen and oxygen atoms in total. The van der Waals surface area contributed by atoms with Gasteiger partial charge in [-0.3, -0.25) is 14.4 Å². The molecule has 0 saturated heterocycles. The molecule has 2 rings (SSSR count). The summed E-state index contributed by atoms with van der Waals surface area (Å²) >= 11 is 0. The minimum atomic E-state index is -1.74. The summed E-state index contributed by atoms with van der Waals surface area (Å²) in [5.41, 5.74) is 0.840. The molecule has 3 N–H and O–H groups in total. The van der Waals surface area contributed by atoms with Crippen molar-refractivity contribution in [2.75, 3.05) is 14.2 Å². The van der Waals surface area contributed by atoms with Crippen molar-refractivity contribution in [2.24, 2.45) is 5.92 Å². The van der Waals surface area contributed by atoms with E-state index in [-0.39, 0.29) is 6.42 Å². The summed E-state index contributed by atoms with van der Waals surface area (Å²) in [7, 11) is 2.36. The number of ether oxygens (including phenoxy) is 2. The molecule has 2 amide bonds. The van der Waals surface area contributed by atoms with Gasteiger partial charge in [0.1, 0.15) is 6.04 Å². The molecule has 176 valence electrons. The number of methoxy groups -OCH3 is 2. The van der Waals surface area contributed by atoms with Crippen LogP contribution in [0.4, 0.5) is 0 Å². The Morgan fingerprint density at radius 3 is 1.94 bits per heavy atom. The highest BCUT2D eigenvalue weighted by molar-refractivity contribution is 5.95. The minimum absolute atomic E-state index is 0.0931. The van der Waals surface area contributed by atoms with Gasteiger partial charge in [-0.1, -0.05) is 55.5 Å². The molecule has 0 saturated carbocycles. The van der Waals surface area contributed by atoms with E-state index in [1.165, 1.54) is 14.0 Å². The Hall–Kier alpha value is -3.72. The second-order valence-electron chi connectivity index (χ2n) is 7.42. The molecule has 9 heteroatoms. The molecule has 0 fully saturated rings. The van der Waals surface area contributed by atoms with Gasteiger partial charge in [0.25, 0.3) is 11.8 Å². The molecule has 2 aromatic carbocycles. The van der Waals surface area contributed by atoms with Crippen LogP contribution in [0.3, 0.4) is 0 Å². The van der Waals surface area contributed by atoms with Crippen LogP contribution in [0.25, 0.3) is 0 Å². The maximum absolute atomic E-state index is 12.9. The minimum Gasteiger partial charge on any atom is -0.469 e. The normalized spacial score (nSPS) is 14.2. The molecule has 0 unspecified atom stereocenters. The average molecular weight is 456 g/mol. The van der Waals surface area contributed by atoms with Crippen molar-refractivity contribution in [3.05, 3.63) is 71.8 Å². The fourth-order valence-corrected chi connectivity index (χ4v) is 3.23. The first-order valence-corrected chi connectivity index (χ1v) is 10.3. The van der Waals surface area contributed by atoms with Gasteiger partial charge < -0.3 is 25.2 Å². The molecule has 0 aliphatic carbocycles. The Morgan fingerprint density at radius 2 is 1.39 bits per heavy atom. The van der Waals surface area contributed by atoms with E-state index in [9.17, 15) is 24.3 Å². The lowest BCUT2D eigenvalue weighted by atomic mass is 9.98. The number of hydrogen-bond acceptors (Lipinski definition) is 7. The predicted octanol–water partition coefficient (Wildman–Crippen LogP) is 1.38. The number of aliphatic hydroxyl groups is 1. The maximum atomic E-state index is 12.9. The molecule has 0 aliphatic heterocycles. The Morgan fingerprint density at radius 1 is 0.848 bits per heavy atom. The molecule has 0 radical (unpaired) electrons. The van der Waals surface area contributed by atoms with E-state index in [2.05, 4.69) is 15.4 Å². The van der Waals surface area contributed by atoms with Gasteiger partial charge in [-0.05, 0) is 24.1 Å². The monoisotopic (exact) mass is 456 g/mol. The van der Waals surface area contributed by atoms with Gasteiger partial charge in [0.15, 0.2) is 6.10 Å². The number of nitrogens with one attached hydrogen (secondary N) is 2. The lowest BCUT2D eigenvalue weighted by molar-refractivity contribution is -0.149. The van der Waals surface area contributed by atoms with Gasteiger partial charge >= 0.3 is 11.9 Å². The third-order valence-corrected chi connectivity index (χ3v) is 5.06. The lowest BCUT2D eigenvalue weighted by Gasteiger charge is -2.26. The third-order valence-electron chi connectivity index (χ3n) is 5.06. The number of benzene rings is 2. The summed E-state index contributed by atoms with van der Waals surface area (Å²) in [5, 5.41) is 15.9. The predicted molar refractivity (Wildman–Crippen MR) is 119 cm³/mol. The van der Waals surface area contributed by atoms with Gasteiger partial charge in [0, 0.05) is 5.56 Å². The summed E-state index contributed by atoms with van der Waals surface area (Å²) in [6.45, 7) is 1.54. The molecule has 33 heavy (non-hydrogen) atoms. The zero-order chi connectivity index (χ0) is 24.4. The maximum Gasteiger partial charge on any atom is 0.328 e. The third kappa shape index (κ3) is 7.15. The highest BCUT2D eigenvalue weighted by atomic mass is 16.5. The highest BCUT2D eigenvalue weighted by Gasteiger charge is 2.34. The topological polar surface area (TPSA) is 131 Å². The first-order chi connectivity index (χ1) is 15.8. The number of aliphatic hydroxyl groups excluding tert-OH is 1. The van der Waals surface area contributed by atoms with Gasteiger partial charge in [0.05, 0.1) is 26.2 Å². The van der Waals surface area contributed by atoms with Crippen molar-refractivity contribution in [1.82, 2.24) is 10.6 Å². The van der Waals surface area contributed by atoms with Crippen LogP contribution in [-0.2, 0) is 23.9 Å². The summed E-state index contributed by atoms with van der Waals surface area (Å²) in [6.07, 6.45) is -1.83. The number of carbonyl (C=O) groups excluding carboxylic acids is 4. The van der Waals surface area contributed by atoms with Gasteiger partial charge in [-0.15, -0.1) is 0 Å². The van der Waals surface area contributed by atoms with Crippen molar-refractivity contribution >= 4 is 23.8 Å². The first kappa shape index (κ1) is 25.5. The Balaban J connectivity index is 2.23. The van der Waals surface area contributed by atoms with Gasteiger partial charge in [-0.2, -0.15) is 0 Å². The molecule has 0 spiro atoms. The van der Waals surface area contributed by atoms with Crippen molar-refractivity contribution in [1.29, 1.82) is 0 Å². The van der Waals surface area contributed by atoms with Crippen LogP contribution in [-0.4, -0.2) is 55.2 Å². The standard InChI is InChI=1S/C24H28N2O7/c1-15(23(30)32-2)14-18(24(31)33-3)25-22(29)20(27)19(16-10-6-4-7-11-16)26-21(28)17-12-8-5-9-13-17/h4-13,15,18-20,27H,14H2,1-3H3,(H,25,29)(H,26,28)/t15-,18-,19-,20+/m0/s1. The van der Waals surface area contributed by atoms with Crippen molar-refractivity contribution in [2.45, 2.75) is 31.5 Å². The molecular weight excluding hydrogens is 428 g/mol. The SMILES string of the molecule is COC(=O)[C@H](C[C@H](C)C(=O)OC)NC(=O)[C@H](O)[C@@H](NC(=O)c1ccccc1)c1ccccc1. The van der Waals surface area contributed by atoms with Crippen LogP contribution in [0.5, 0.6) is 0 Å². The Bertz CT molecular complexity index is 950. The molecule has 2 aromatic rings. The van der Waals surface area contributed by atoms with E-state index in [1.807, 2.05) is 0 Å². The van der Waals surface area contributed by atoms with Crippen LogP contribution < -0.4 is 10.6 Å². The van der Waals surface area contributed by atoms with Crippen LogP contribution in [0.2, 0.25) is 0 Å². The number of amides is 2. The first-order valence-electron chi connectivity index (χ1n) is 10.3. The summed E-state index contributed by atoms with van der Waals surface area (Å²) < 4.78 is 9.38. The molecular formula is C24H28N2O7. The second kappa shape index (κ2) is 12.4. The molecule has 0 bridgehead atoms. The molecule has 0 aliphatic rings.